The van der Waals surface area contributed by atoms with Gasteiger partial charge in [-0.1, -0.05) is 60.7 Å². The number of allylic oxidation sites excluding steroid dienone is 1. The van der Waals surface area contributed by atoms with E-state index in [1.165, 1.54) is 15.4 Å². The first-order valence-electron chi connectivity index (χ1n) is 11.7. The van der Waals surface area contributed by atoms with Crippen LogP contribution in [0.4, 0.5) is 5.69 Å². The van der Waals surface area contributed by atoms with Crippen molar-refractivity contribution in [1.29, 1.82) is 0 Å². The zero-order valence-electron chi connectivity index (χ0n) is 19.8. The minimum Gasteiger partial charge on any atom is -0.379 e. The van der Waals surface area contributed by atoms with E-state index in [9.17, 15) is 8.42 Å². The summed E-state index contributed by atoms with van der Waals surface area (Å²) in [5.74, 6) is 0. The number of morpholine rings is 1. The molecule has 4 aromatic rings. The van der Waals surface area contributed by atoms with Gasteiger partial charge in [0.2, 0.25) is 10.0 Å². The minimum absolute atomic E-state index is 0.271. The summed E-state index contributed by atoms with van der Waals surface area (Å²) >= 11 is 1.55. The van der Waals surface area contributed by atoms with Gasteiger partial charge in [-0.05, 0) is 41.0 Å². The first-order valence-corrected chi connectivity index (χ1v) is 14.1. The lowest BCUT2D eigenvalue weighted by Gasteiger charge is -2.26. The van der Waals surface area contributed by atoms with Crippen LogP contribution in [0.2, 0.25) is 0 Å². The number of benzene rings is 3. The quantitative estimate of drug-likeness (QED) is 0.312. The van der Waals surface area contributed by atoms with E-state index in [0.717, 1.165) is 16.1 Å². The summed E-state index contributed by atoms with van der Waals surface area (Å²) in [6, 6.07) is 25.6. The average molecular weight is 518 g/mol. The highest BCUT2D eigenvalue weighted by Gasteiger charge is 2.26. The molecule has 1 aromatic heterocycles. The summed E-state index contributed by atoms with van der Waals surface area (Å²) in [7, 11) is -3.53. The molecule has 0 aliphatic carbocycles. The van der Waals surface area contributed by atoms with Crippen molar-refractivity contribution in [3.63, 3.8) is 0 Å². The van der Waals surface area contributed by atoms with Crippen molar-refractivity contribution in [1.82, 2.24) is 8.87 Å². The summed E-state index contributed by atoms with van der Waals surface area (Å²) in [6.45, 7) is 6.13. The molecule has 0 spiro atoms. The Kier molecular flexibility index (Phi) is 7.29. The Morgan fingerprint density at radius 3 is 2.19 bits per heavy atom. The highest BCUT2D eigenvalue weighted by atomic mass is 32.2. The molecule has 1 fully saturated rings. The third-order valence-electron chi connectivity index (χ3n) is 6.07. The molecule has 2 heterocycles. The largest absolute Gasteiger partial charge is 0.379 e. The van der Waals surface area contributed by atoms with Crippen LogP contribution in [0.3, 0.4) is 0 Å². The molecule has 0 N–H and O–H groups in total. The SMILES string of the molecule is C=CCn1c(-c2ccc(-c3ccccc3)cc2)csc1=Nc1ccc(S(=O)(=O)N2CCOCC2)cc1. The number of hydrogen-bond acceptors (Lipinski definition) is 5. The number of ether oxygens (including phenoxy) is 1. The van der Waals surface area contributed by atoms with Crippen molar-refractivity contribution in [2.45, 2.75) is 11.4 Å². The summed E-state index contributed by atoms with van der Waals surface area (Å²) in [5.41, 5.74) is 5.21. The van der Waals surface area contributed by atoms with Gasteiger partial charge >= 0.3 is 0 Å². The zero-order chi connectivity index (χ0) is 25.0. The lowest BCUT2D eigenvalue weighted by molar-refractivity contribution is 0.0730. The van der Waals surface area contributed by atoms with E-state index in [0.29, 0.717) is 38.5 Å². The van der Waals surface area contributed by atoms with Crippen LogP contribution in [-0.2, 0) is 21.3 Å². The highest BCUT2D eigenvalue weighted by Crippen LogP contribution is 2.26. The Bertz CT molecular complexity index is 1500. The van der Waals surface area contributed by atoms with Crippen molar-refractivity contribution in [2.24, 2.45) is 4.99 Å². The third kappa shape index (κ3) is 5.12. The molecular formula is C28H27N3O3S2. The second-order valence-corrected chi connectivity index (χ2v) is 11.1. The molecule has 5 rings (SSSR count). The van der Waals surface area contributed by atoms with Crippen LogP contribution in [-0.4, -0.2) is 43.6 Å². The minimum atomic E-state index is -3.53. The molecule has 6 nitrogen and oxygen atoms in total. The number of sulfonamides is 1. The third-order valence-corrected chi connectivity index (χ3v) is 8.84. The Morgan fingerprint density at radius 2 is 1.53 bits per heavy atom. The maximum Gasteiger partial charge on any atom is 0.243 e. The normalized spacial score (nSPS) is 15.2. The standard InChI is InChI=1S/C28H27N3O3S2/c1-2-16-31-27(24-10-8-23(9-11-24)22-6-4-3-5-7-22)21-35-28(31)29-25-12-14-26(15-13-25)36(32,33)30-17-19-34-20-18-30/h2-15,21H,1,16-20H2. The van der Waals surface area contributed by atoms with Crippen LogP contribution >= 0.6 is 11.3 Å². The van der Waals surface area contributed by atoms with Crippen LogP contribution in [0.1, 0.15) is 0 Å². The van der Waals surface area contributed by atoms with Crippen molar-refractivity contribution in [3.05, 3.63) is 102 Å². The zero-order valence-corrected chi connectivity index (χ0v) is 21.4. The molecule has 3 aromatic carbocycles. The highest BCUT2D eigenvalue weighted by molar-refractivity contribution is 7.89. The molecule has 0 saturated carbocycles. The van der Waals surface area contributed by atoms with Gasteiger partial charge in [0.05, 0.1) is 29.5 Å². The van der Waals surface area contributed by atoms with Gasteiger partial charge < -0.3 is 9.30 Å². The second kappa shape index (κ2) is 10.8. The maximum absolute atomic E-state index is 12.9. The van der Waals surface area contributed by atoms with Gasteiger partial charge in [-0.25, -0.2) is 13.4 Å². The van der Waals surface area contributed by atoms with Gasteiger partial charge in [-0.3, -0.25) is 0 Å². The Morgan fingerprint density at radius 1 is 0.889 bits per heavy atom. The van der Waals surface area contributed by atoms with Crippen LogP contribution in [0.25, 0.3) is 22.4 Å². The molecule has 1 aliphatic rings. The van der Waals surface area contributed by atoms with Crippen molar-refractivity contribution in [3.8, 4) is 22.4 Å². The number of thiazole rings is 1. The lowest BCUT2D eigenvalue weighted by Crippen LogP contribution is -2.40. The van der Waals surface area contributed by atoms with Crippen LogP contribution in [0, 0.1) is 0 Å². The van der Waals surface area contributed by atoms with E-state index in [2.05, 4.69) is 52.9 Å². The summed E-state index contributed by atoms with van der Waals surface area (Å²) in [6.07, 6.45) is 1.85. The molecule has 0 bridgehead atoms. The van der Waals surface area contributed by atoms with E-state index in [4.69, 9.17) is 9.73 Å². The van der Waals surface area contributed by atoms with E-state index in [1.54, 1.807) is 35.6 Å². The van der Waals surface area contributed by atoms with Crippen LogP contribution in [0.5, 0.6) is 0 Å². The first kappa shape index (κ1) is 24.4. The Balaban J connectivity index is 1.43. The van der Waals surface area contributed by atoms with Gasteiger partial charge in [-0.15, -0.1) is 17.9 Å². The smallest absolute Gasteiger partial charge is 0.243 e. The number of aromatic nitrogens is 1. The summed E-state index contributed by atoms with van der Waals surface area (Å²) < 4.78 is 34.7. The Hall–Kier alpha value is -3.30. The molecule has 8 heteroatoms. The fourth-order valence-electron chi connectivity index (χ4n) is 4.16. The number of rotatable bonds is 7. The maximum atomic E-state index is 12.9. The van der Waals surface area contributed by atoms with Crippen molar-refractivity contribution >= 4 is 27.0 Å². The van der Waals surface area contributed by atoms with E-state index >= 15 is 0 Å². The molecule has 1 aliphatic heterocycles. The summed E-state index contributed by atoms with van der Waals surface area (Å²) in [5, 5.41) is 2.09. The van der Waals surface area contributed by atoms with Crippen LogP contribution < -0.4 is 4.80 Å². The number of hydrogen-bond donors (Lipinski definition) is 0. The number of nitrogens with zero attached hydrogens (tertiary/aromatic N) is 3. The van der Waals surface area contributed by atoms with Gasteiger partial charge in [-0.2, -0.15) is 4.31 Å². The second-order valence-electron chi connectivity index (χ2n) is 8.37. The topological polar surface area (TPSA) is 63.9 Å². The van der Waals surface area contributed by atoms with Crippen molar-refractivity contribution < 1.29 is 13.2 Å². The molecule has 36 heavy (non-hydrogen) atoms. The monoisotopic (exact) mass is 517 g/mol. The molecule has 0 amide bonds. The predicted molar refractivity (Wildman–Crippen MR) is 145 cm³/mol. The van der Waals surface area contributed by atoms with Gasteiger partial charge in [0.1, 0.15) is 0 Å². The first-order chi connectivity index (χ1) is 17.6. The molecular weight excluding hydrogens is 490 g/mol. The van der Waals surface area contributed by atoms with Gasteiger partial charge in [0.15, 0.2) is 4.80 Å². The van der Waals surface area contributed by atoms with E-state index in [-0.39, 0.29) is 4.90 Å². The molecule has 184 valence electrons. The van der Waals surface area contributed by atoms with Gasteiger partial charge in [0, 0.05) is 25.0 Å². The average Bonchev–Trinajstić information content (AvgIpc) is 3.32. The van der Waals surface area contributed by atoms with Crippen LogP contribution in [0.15, 0.2) is 107 Å². The van der Waals surface area contributed by atoms with E-state index in [1.807, 2.05) is 24.3 Å². The van der Waals surface area contributed by atoms with E-state index < -0.39 is 10.0 Å². The molecule has 0 radical (unpaired) electrons. The van der Waals surface area contributed by atoms with Crippen molar-refractivity contribution in [2.75, 3.05) is 26.3 Å². The predicted octanol–water partition coefficient (Wildman–Crippen LogP) is 5.32. The van der Waals surface area contributed by atoms with Gasteiger partial charge in [0.25, 0.3) is 0 Å². The Labute approximate surface area is 215 Å². The fraction of sp³-hybridized carbons (Fsp3) is 0.179. The molecule has 0 unspecified atom stereocenters. The summed E-state index contributed by atoms with van der Waals surface area (Å²) in [4.78, 5) is 5.90. The lowest BCUT2D eigenvalue weighted by atomic mass is 10.0. The molecule has 1 saturated heterocycles. The fourth-order valence-corrected chi connectivity index (χ4v) is 6.50. The molecule has 0 atom stereocenters.